The van der Waals surface area contributed by atoms with Crippen LogP contribution in [0.5, 0.6) is 0 Å². The number of nitrogens with zero attached hydrogens (tertiary/aromatic N) is 1. The average molecular weight is 363 g/mol. The summed E-state index contributed by atoms with van der Waals surface area (Å²) < 4.78 is 5.91. The number of halogens is 2. The van der Waals surface area contributed by atoms with E-state index in [1.165, 1.54) is 0 Å². The molecular weight excluding hydrogens is 346 g/mol. The van der Waals surface area contributed by atoms with Crippen molar-refractivity contribution in [3.63, 3.8) is 0 Å². The van der Waals surface area contributed by atoms with Crippen LogP contribution in [0.2, 0.25) is 5.15 Å². The third-order valence-electron chi connectivity index (χ3n) is 3.52. The van der Waals surface area contributed by atoms with Gasteiger partial charge in [-0.1, -0.05) is 11.6 Å². The van der Waals surface area contributed by atoms with Crippen LogP contribution in [0.25, 0.3) is 0 Å². The summed E-state index contributed by atoms with van der Waals surface area (Å²) in [4.78, 5) is 16.6. The van der Waals surface area contributed by atoms with E-state index in [9.17, 15) is 4.79 Å². The number of piperidine rings is 1. The number of amides is 1. The highest BCUT2D eigenvalue weighted by molar-refractivity contribution is 9.10. The van der Waals surface area contributed by atoms with Crippen LogP contribution in [0.1, 0.15) is 12.8 Å². The maximum atomic E-state index is 12.6. The number of nitrogens with one attached hydrogen (secondary N) is 2. The molecule has 0 atom stereocenters. The molecule has 0 spiro atoms. The van der Waals surface area contributed by atoms with Gasteiger partial charge in [-0.3, -0.25) is 4.79 Å². The van der Waals surface area contributed by atoms with Crippen molar-refractivity contribution in [3.8, 4) is 0 Å². The smallest absolute Gasteiger partial charge is 0.233 e. The Labute approximate surface area is 131 Å². The van der Waals surface area contributed by atoms with Crippen LogP contribution in [0, 0.1) is 5.41 Å². The maximum absolute atomic E-state index is 12.6. The Balaban J connectivity index is 2.13. The van der Waals surface area contributed by atoms with Crippen molar-refractivity contribution >= 4 is 39.1 Å². The standard InChI is InChI=1S/C13H17BrClN3O2/c1-20-8-13(2-4-16-5-3-13)12(19)18-9-6-10(14)11(15)17-7-9/h6-7,16H,2-5,8H2,1H3,(H,18,19). The van der Waals surface area contributed by atoms with Gasteiger partial charge in [0.2, 0.25) is 5.91 Å². The second kappa shape index (κ2) is 6.85. The molecular formula is C13H17BrClN3O2. The predicted molar refractivity (Wildman–Crippen MR) is 82.0 cm³/mol. The zero-order valence-electron chi connectivity index (χ0n) is 11.2. The van der Waals surface area contributed by atoms with Crippen LogP contribution in [0.15, 0.2) is 16.7 Å². The zero-order chi connectivity index (χ0) is 14.6. The van der Waals surface area contributed by atoms with Gasteiger partial charge in [0, 0.05) is 7.11 Å². The molecule has 20 heavy (non-hydrogen) atoms. The van der Waals surface area contributed by atoms with E-state index in [4.69, 9.17) is 16.3 Å². The van der Waals surface area contributed by atoms with Gasteiger partial charge in [0.1, 0.15) is 5.15 Å². The molecule has 5 nitrogen and oxygen atoms in total. The average Bonchev–Trinajstić information content (AvgIpc) is 2.44. The number of anilines is 1. The second-order valence-corrected chi connectivity index (χ2v) is 6.13. The summed E-state index contributed by atoms with van der Waals surface area (Å²) in [5, 5.41) is 6.54. The molecule has 0 saturated carbocycles. The molecule has 2 N–H and O–H groups in total. The molecule has 0 aromatic carbocycles. The molecule has 1 aromatic heterocycles. The van der Waals surface area contributed by atoms with E-state index in [0.29, 0.717) is 21.9 Å². The fraction of sp³-hybridized carbons (Fsp3) is 0.538. The SMILES string of the molecule is COCC1(C(=O)Nc2cnc(Cl)c(Br)c2)CCNCC1. The lowest BCUT2D eigenvalue weighted by Crippen LogP contribution is -2.47. The number of hydrogen-bond donors (Lipinski definition) is 2. The molecule has 1 amide bonds. The van der Waals surface area contributed by atoms with Crippen LogP contribution in [0.4, 0.5) is 5.69 Å². The van der Waals surface area contributed by atoms with Crippen LogP contribution in [0.3, 0.4) is 0 Å². The molecule has 1 aliphatic rings. The van der Waals surface area contributed by atoms with Gasteiger partial charge < -0.3 is 15.4 Å². The molecule has 7 heteroatoms. The minimum atomic E-state index is -0.480. The minimum Gasteiger partial charge on any atom is -0.384 e. The van der Waals surface area contributed by atoms with E-state index in [-0.39, 0.29) is 5.91 Å². The van der Waals surface area contributed by atoms with Gasteiger partial charge in [-0.2, -0.15) is 0 Å². The summed E-state index contributed by atoms with van der Waals surface area (Å²) in [6.07, 6.45) is 3.07. The minimum absolute atomic E-state index is 0.0307. The van der Waals surface area contributed by atoms with Gasteiger partial charge in [0.25, 0.3) is 0 Å². The summed E-state index contributed by atoms with van der Waals surface area (Å²) in [5.41, 5.74) is 0.145. The lowest BCUT2D eigenvalue weighted by molar-refractivity contribution is -0.130. The summed E-state index contributed by atoms with van der Waals surface area (Å²) in [7, 11) is 1.62. The van der Waals surface area contributed by atoms with E-state index < -0.39 is 5.41 Å². The Bertz CT molecular complexity index is 487. The molecule has 1 aliphatic heterocycles. The van der Waals surface area contributed by atoms with Crippen molar-refractivity contribution in [3.05, 3.63) is 21.9 Å². The molecule has 1 saturated heterocycles. The number of methoxy groups -OCH3 is 1. The van der Waals surface area contributed by atoms with E-state index in [0.717, 1.165) is 25.9 Å². The Hall–Kier alpha value is -0.690. The summed E-state index contributed by atoms with van der Waals surface area (Å²) in [6, 6.07) is 1.74. The summed E-state index contributed by atoms with van der Waals surface area (Å²) in [5.74, 6) is -0.0307. The van der Waals surface area contributed by atoms with E-state index >= 15 is 0 Å². The molecule has 0 radical (unpaired) electrons. The third kappa shape index (κ3) is 3.49. The lowest BCUT2D eigenvalue weighted by atomic mass is 9.78. The normalized spacial score (nSPS) is 17.8. The van der Waals surface area contributed by atoms with Gasteiger partial charge in [0.05, 0.1) is 28.4 Å². The predicted octanol–water partition coefficient (Wildman–Crippen LogP) is 2.45. The van der Waals surface area contributed by atoms with Gasteiger partial charge in [0.15, 0.2) is 0 Å². The second-order valence-electron chi connectivity index (χ2n) is 4.91. The van der Waals surface area contributed by atoms with Crippen LogP contribution in [-0.4, -0.2) is 37.7 Å². The lowest BCUT2D eigenvalue weighted by Gasteiger charge is -2.35. The molecule has 1 fully saturated rings. The monoisotopic (exact) mass is 361 g/mol. The van der Waals surface area contributed by atoms with Gasteiger partial charge in [-0.15, -0.1) is 0 Å². The van der Waals surface area contributed by atoms with Crippen molar-refractivity contribution in [2.45, 2.75) is 12.8 Å². The number of hydrogen-bond acceptors (Lipinski definition) is 4. The van der Waals surface area contributed by atoms with Crippen LogP contribution >= 0.6 is 27.5 Å². The molecule has 110 valence electrons. The molecule has 2 rings (SSSR count). The number of carbonyl (C=O) groups excluding carboxylic acids is 1. The molecule has 0 unspecified atom stereocenters. The number of aromatic nitrogens is 1. The topological polar surface area (TPSA) is 63.2 Å². The Morgan fingerprint density at radius 1 is 1.60 bits per heavy atom. The highest BCUT2D eigenvalue weighted by atomic mass is 79.9. The van der Waals surface area contributed by atoms with Gasteiger partial charge in [-0.05, 0) is 47.9 Å². The van der Waals surface area contributed by atoms with Gasteiger partial charge in [-0.25, -0.2) is 4.98 Å². The summed E-state index contributed by atoms with van der Waals surface area (Å²) >= 11 is 9.14. The van der Waals surface area contributed by atoms with Gasteiger partial charge >= 0.3 is 0 Å². The van der Waals surface area contributed by atoms with Crippen LogP contribution in [-0.2, 0) is 9.53 Å². The number of ether oxygens (including phenoxy) is 1. The number of pyridine rings is 1. The largest absolute Gasteiger partial charge is 0.384 e. The third-order valence-corrected chi connectivity index (χ3v) is 4.65. The fourth-order valence-electron chi connectivity index (χ4n) is 2.37. The van der Waals surface area contributed by atoms with Crippen molar-refractivity contribution in [2.24, 2.45) is 5.41 Å². The van der Waals surface area contributed by atoms with E-state index in [1.807, 2.05) is 0 Å². The summed E-state index contributed by atoms with van der Waals surface area (Å²) in [6.45, 7) is 2.06. The van der Waals surface area contributed by atoms with E-state index in [1.54, 1.807) is 19.4 Å². The first-order valence-corrected chi connectivity index (χ1v) is 7.57. The van der Waals surface area contributed by atoms with Crippen LogP contribution < -0.4 is 10.6 Å². The Morgan fingerprint density at radius 3 is 2.90 bits per heavy atom. The van der Waals surface area contributed by atoms with Crippen molar-refractivity contribution < 1.29 is 9.53 Å². The first-order chi connectivity index (χ1) is 9.57. The zero-order valence-corrected chi connectivity index (χ0v) is 13.6. The van der Waals surface area contributed by atoms with Crippen molar-refractivity contribution in [1.29, 1.82) is 0 Å². The first kappa shape index (κ1) is 15.7. The van der Waals surface area contributed by atoms with Crippen molar-refractivity contribution in [2.75, 3.05) is 32.1 Å². The molecule has 0 bridgehead atoms. The number of carbonyl (C=O) groups is 1. The molecule has 2 heterocycles. The Morgan fingerprint density at radius 2 is 2.30 bits per heavy atom. The highest BCUT2D eigenvalue weighted by Gasteiger charge is 2.39. The fourth-order valence-corrected chi connectivity index (χ4v) is 2.82. The van der Waals surface area contributed by atoms with Crippen molar-refractivity contribution in [1.82, 2.24) is 10.3 Å². The van der Waals surface area contributed by atoms with E-state index in [2.05, 4.69) is 31.5 Å². The molecule has 1 aromatic rings. The first-order valence-electron chi connectivity index (χ1n) is 6.39. The quantitative estimate of drug-likeness (QED) is 0.808. The number of rotatable bonds is 4. The maximum Gasteiger partial charge on any atom is 0.233 e. The highest BCUT2D eigenvalue weighted by Crippen LogP contribution is 2.31. The molecule has 0 aliphatic carbocycles. The Kier molecular flexibility index (Phi) is 5.37.